The number of hydrogen-bond acceptors (Lipinski definition) is 6. The summed E-state index contributed by atoms with van der Waals surface area (Å²) in [6.07, 6.45) is -4.67. The van der Waals surface area contributed by atoms with E-state index in [1.165, 1.54) is 12.1 Å². The number of alkyl halides is 3. The van der Waals surface area contributed by atoms with Crippen LogP contribution in [0.4, 0.5) is 13.2 Å². The molecule has 2 aromatic carbocycles. The van der Waals surface area contributed by atoms with E-state index in [1.54, 1.807) is 31.1 Å². The van der Waals surface area contributed by atoms with E-state index in [4.69, 9.17) is 11.6 Å². The zero-order valence-corrected chi connectivity index (χ0v) is 16.9. The molecule has 0 saturated heterocycles. The molecule has 0 amide bonds. The van der Waals surface area contributed by atoms with Gasteiger partial charge in [-0.2, -0.15) is 13.2 Å². The quantitative estimate of drug-likeness (QED) is 0.688. The van der Waals surface area contributed by atoms with Crippen molar-refractivity contribution in [3.05, 3.63) is 69.7 Å². The summed E-state index contributed by atoms with van der Waals surface area (Å²) in [7, 11) is 3.56. The van der Waals surface area contributed by atoms with Crippen molar-refractivity contribution in [2.75, 3.05) is 27.2 Å². The minimum atomic E-state index is -4.67. The van der Waals surface area contributed by atoms with E-state index in [9.17, 15) is 23.1 Å². The lowest BCUT2D eigenvalue weighted by Gasteiger charge is -2.23. The first-order valence-corrected chi connectivity index (χ1v) is 9.23. The van der Waals surface area contributed by atoms with Gasteiger partial charge in [-0.1, -0.05) is 29.8 Å². The second kappa shape index (κ2) is 8.25. The van der Waals surface area contributed by atoms with Gasteiger partial charge in [0.15, 0.2) is 11.6 Å². The molecule has 1 heterocycles. The standard InChI is InChI=1S/C20H18ClF3N4O2/c1-28(2)10-17-25-19(11-29,27-26-17)15-8-7-12(20(22,23)24)9-14(15)18(30)13-5-3-4-6-16(13)21/h3-9,29H,10-11H2,1-2H3. The van der Waals surface area contributed by atoms with Gasteiger partial charge in [-0.25, -0.2) is 4.99 Å². The smallest absolute Gasteiger partial charge is 0.391 e. The maximum Gasteiger partial charge on any atom is 0.416 e. The van der Waals surface area contributed by atoms with Crippen LogP contribution in [0.1, 0.15) is 27.0 Å². The second-order valence-corrected chi connectivity index (χ2v) is 7.41. The Morgan fingerprint density at radius 2 is 1.87 bits per heavy atom. The number of nitrogens with zero attached hydrogens (tertiary/aromatic N) is 4. The number of amidine groups is 1. The molecule has 0 aliphatic carbocycles. The minimum Gasteiger partial charge on any atom is -0.391 e. The van der Waals surface area contributed by atoms with Crippen molar-refractivity contribution in [3.8, 4) is 0 Å². The Hall–Kier alpha value is -2.62. The van der Waals surface area contributed by atoms with Crippen molar-refractivity contribution in [2.45, 2.75) is 11.8 Å². The number of azo groups is 1. The normalized spacial score (nSPS) is 18.7. The molecule has 1 unspecified atom stereocenters. The molecule has 1 aliphatic heterocycles. The van der Waals surface area contributed by atoms with E-state index < -0.39 is 29.8 Å². The minimum absolute atomic E-state index is 0.0143. The van der Waals surface area contributed by atoms with Gasteiger partial charge in [0.1, 0.15) is 0 Å². The third kappa shape index (κ3) is 4.28. The zero-order valence-electron chi connectivity index (χ0n) is 16.1. The highest BCUT2D eigenvalue weighted by atomic mass is 35.5. The zero-order chi connectivity index (χ0) is 22.1. The molecular weight excluding hydrogens is 421 g/mol. The lowest BCUT2D eigenvalue weighted by atomic mass is 9.89. The van der Waals surface area contributed by atoms with E-state index >= 15 is 0 Å². The highest BCUT2D eigenvalue weighted by Gasteiger charge is 2.41. The van der Waals surface area contributed by atoms with E-state index in [-0.39, 0.29) is 27.5 Å². The van der Waals surface area contributed by atoms with Crippen molar-refractivity contribution >= 4 is 23.2 Å². The highest BCUT2D eigenvalue weighted by molar-refractivity contribution is 6.35. The maximum atomic E-state index is 13.3. The van der Waals surface area contributed by atoms with Crippen molar-refractivity contribution in [3.63, 3.8) is 0 Å². The number of ketones is 1. The van der Waals surface area contributed by atoms with Gasteiger partial charge in [0.2, 0.25) is 5.66 Å². The first-order chi connectivity index (χ1) is 14.1. The molecule has 0 aromatic heterocycles. The van der Waals surface area contributed by atoms with Gasteiger partial charge in [-0.3, -0.25) is 4.79 Å². The van der Waals surface area contributed by atoms with Crippen LogP contribution >= 0.6 is 11.6 Å². The number of carbonyl (C=O) groups excluding carboxylic acids is 1. The molecule has 1 N–H and O–H groups in total. The van der Waals surface area contributed by atoms with Crippen LogP contribution in [0.5, 0.6) is 0 Å². The summed E-state index contributed by atoms with van der Waals surface area (Å²) in [5.41, 5.74) is -2.98. The number of carbonyl (C=O) groups is 1. The largest absolute Gasteiger partial charge is 0.416 e. The van der Waals surface area contributed by atoms with Crippen molar-refractivity contribution in [1.29, 1.82) is 0 Å². The number of aliphatic hydroxyl groups excluding tert-OH is 1. The Morgan fingerprint density at radius 1 is 1.17 bits per heavy atom. The first kappa shape index (κ1) is 22.1. The number of rotatable bonds is 6. The topological polar surface area (TPSA) is 77.6 Å². The maximum absolute atomic E-state index is 13.3. The second-order valence-electron chi connectivity index (χ2n) is 7.01. The van der Waals surface area contributed by atoms with Crippen LogP contribution in [-0.2, 0) is 11.8 Å². The predicted molar refractivity (Wildman–Crippen MR) is 106 cm³/mol. The van der Waals surface area contributed by atoms with E-state index in [0.717, 1.165) is 18.2 Å². The molecule has 30 heavy (non-hydrogen) atoms. The summed E-state index contributed by atoms with van der Waals surface area (Å²) in [4.78, 5) is 19.3. The first-order valence-electron chi connectivity index (χ1n) is 8.85. The average Bonchev–Trinajstić information content (AvgIpc) is 3.10. The van der Waals surface area contributed by atoms with E-state index in [1.807, 2.05) is 0 Å². The number of likely N-dealkylation sites (N-methyl/N-ethyl adjacent to an activating group) is 1. The third-order valence-corrected chi connectivity index (χ3v) is 4.79. The summed E-state index contributed by atoms with van der Waals surface area (Å²) in [6, 6.07) is 8.69. The number of aliphatic imine (C=N–C) groups is 1. The summed E-state index contributed by atoms with van der Waals surface area (Å²) >= 11 is 6.09. The van der Waals surface area contributed by atoms with Gasteiger partial charge >= 0.3 is 6.18 Å². The summed E-state index contributed by atoms with van der Waals surface area (Å²) in [5.74, 6) is -0.453. The average molecular weight is 439 g/mol. The van der Waals surface area contributed by atoms with Gasteiger partial charge in [0.05, 0.1) is 23.7 Å². The lowest BCUT2D eigenvalue weighted by molar-refractivity contribution is -0.137. The molecule has 0 spiro atoms. The van der Waals surface area contributed by atoms with Crippen molar-refractivity contribution < 1.29 is 23.1 Å². The molecule has 0 saturated carbocycles. The van der Waals surface area contributed by atoms with Crippen LogP contribution < -0.4 is 0 Å². The number of hydrogen-bond donors (Lipinski definition) is 1. The Labute approximate surface area is 175 Å². The van der Waals surface area contributed by atoms with Gasteiger partial charge in [-0.15, -0.1) is 10.2 Å². The summed E-state index contributed by atoms with van der Waals surface area (Å²) < 4.78 is 40.0. The monoisotopic (exact) mass is 438 g/mol. The van der Waals surface area contributed by atoms with Crippen LogP contribution in [0.25, 0.3) is 0 Å². The molecule has 2 aromatic rings. The van der Waals surface area contributed by atoms with Crippen molar-refractivity contribution in [2.24, 2.45) is 15.2 Å². The Bertz CT molecular complexity index is 1040. The van der Waals surface area contributed by atoms with Crippen LogP contribution in [-0.4, -0.2) is 48.9 Å². The third-order valence-electron chi connectivity index (χ3n) is 4.46. The fourth-order valence-electron chi connectivity index (χ4n) is 3.06. The fourth-order valence-corrected chi connectivity index (χ4v) is 3.28. The molecular formula is C20H18ClF3N4O2. The Kier molecular flexibility index (Phi) is 6.07. The molecule has 6 nitrogen and oxygen atoms in total. The van der Waals surface area contributed by atoms with Gasteiger partial charge in [-0.05, 0) is 38.4 Å². The molecule has 0 fully saturated rings. The predicted octanol–water partition coefficient (Wildman–Crippen LogP) is 4.16. The van der Waals surface area contributed by atoms with E-state index in [2.05, 4.69) is 15.2 Å². The Morgan fingerprint density at radius 3 is 2.47 bits per heavy atom. The molecule has 10 heteroatoms. The molecule has 0 bridgehead atoms. The molecule has 158 valence electrons. The molecule has 1 atom stereocenters. The van der Waals surface area contributed by atoms with E-state index in [0.29, 0.717) is 6.54 Å². The molecule has 1 aliphatic rings. The summed E-state index contributed by atoms with van der Waals surface area (Å²) in [5, 5.41) is 18.1. The van der Waals surface area contributed by atoms with Crippen molar-refractivity contribution in [1.82, 2.24) is 4.90 Å². The molecule has 0 radical (unpaired) electrons. The van der Waals surface area contributed by atoms with Crippen LogP contribution in [0.3, 0.4) is 0 Å². The fraction of sp³-hybridized carbons (Fsp3) is 0.300. The lowest BCUT2D eigenvalue weighted by Crippen LogP contribution is -2.28. The van der Waals surface area contributed by atoms with Gasteiger partial charge < -0.3 is 10.0 Å². The van der Waals surface area contributed by atoms with Crippen LogP contribution in [0.15, 0.2) is 57.7 Å². The van der Waals surface area contributed by atoms with Gasteiger partial charge in [0, 0.05) is 16.7 Å². The van der Waals surface area contributed by atoms with Crippen LogP contribution in [0, 0.1) is 0 Å². The number of aliphatic hydroxyl groups is 1. The van der Waals surface area contributed by atoms with Crippen LogP contribution in [0.2, 0.25) is 5.02 Å². The number of benzene rings is 2. The Balaban J connectivity index is 2.20. The number of halogens is 4. The summed E-state index contributed by atoms with van der Waals surface area (Å²) in [6.45, 7) is -0.374. The molecule has 3 rings (SSSR count). The highest BCUT2D eigenvalue weighted by Crippen LogP contribution is 2.39. The SMILES string of the molecule is CN(C)CC1=NC(CO)(c2ccc(C(F)(F)F)cc2C(=O)c2ccccc2Cl)N=N1. The van der Waals surface area contributed by atoms with Gasteiger partial charge in [0.25, 0.3) is 0 Å².